The average Bonchev–Trinajstić information content (AvgIpc) is 2.73. The van der Waals surface area contributed by atoms with E-state index in [9.17, 15) is 0 Å². The first kappa shape index (κ1) is 8.99. The van der Waals surface area contributed by atoms with Crippen LogP contribution in [0.1, 0.15) is 26.7 Å². The van der Waals surface area contributed by atoms with E-state index >= 15 is 0 Å². The molecule has 2 heterocycles. The van der Waals surface area contributed by atoms with Gasteiger partial charge in [0.1, 0.15) is 0 Å². The van der Waals surface area contributed by atoms with E-state index in [4.69, 9.17) is 8.83 Å². The Balaban J connectivity index is 2.36. The predicted octanol–water partition coefficient (Wildman–Crippen LogP) is 2.63. The lowest BCUT2D eigenvalue weighted by Gasteiger charge is -2.10. The maximum Gasteiger partial charge on any atom is 0.283 e. The van der Waals surface area contributed by atoms with E-state index in [1.165, 1.54) is 0 Å². The molecule has 2 aromatic heterocycles. The summed E-state index contributed by atoms with van der Waals surface area (Å²) in [4.78, 5) is 0. The average molecular weight is 192 g/mol. The van der Waals surface area contributed by atoms with Gasteiger partial charge in [0.15, 0.2) is 5.76 Å². The standard InChI is InChI=1S/C10H12N2O2/c1-10(2,3)9-12-11-8(14-9)7-5-4-6-13-7/h4-6H,1-3H3. The molecule has 0 aromatic carbocycles. The fraction of sp³-hybridized carbons (Fsp3) is 0.400. The Morgan fingerprint density at radius 1 is 1.21 bits per heavy atom. The van der Waals surface area contributed by atoms with Crippen LogP contribution >= 0.6 is 0 Å². The van der Waals surface area contributed by atoms with Crippen LogP contribution < -0.4 is 0 Å². The molecule has 2 aromatic rings. The summed E-state index contributed by atoms with van der Waals surface area (Å²) in [6.07, 6.45) is 1.58. The van der Waals surface area contributed by atoms with Gasteiger partial charge in [-0.05, 0) is 12.1 Å². The summed E-state index contributed by atoms with van der Waals surface area (Å²) >= 11 is 0. The first-order valence-corrected chi connectivity index (χ1v) is 4.45. The third-order valence-electron chi connectivity index (χ3n) is 1.80. The smallest absolute Gasteiger partial charge is 0.283 e. The molecule has 2 rings (SSSR count). The van der Waals surface area contributed by atoms with Crippen molar-refractivity contribution in [1.82, 2.24) is 10.2 Å². The Kier molecular flexibility index (Phi) is 1.91. The van der Waals surface area contributed by atoms with Crippen LogP contribution in [0.25, 0.3) is 11.7 Å². The lowest BCUT2D eigenvalue weighted by molar-refractivity contribution is 0.393. The molecule has 0 atom stereocenters. The molecule has 0 unspecified atom stereocenters. The lowest BCUT2D eigenvalue weighted by Crippen LogP contribution is -2.11. The van der Waals surface area contributed by atoms with E-state index in [2.05, 4.69) is 10.2 Å². The van der Waals surface area contributed by atoms with Crippen LogP contribution in [0.2, 0.25) is 0 Å². The van der Waals surface area contributed by atoms with Gasteiger partial charge in [0.2, 0.25) is 5.89 Å². The van der Waals surface area contributed by atoms with E-state index in [-0.39, 0.29) is 5.41 Å². The quantitative estimate of drug-likeness (QED) is 0.696. The van der Waals surface area contributed by atoms with Crippen LogP contribution in [0.3, 0.4) is 0 Å². The first-order valence-electron chi connectivity index (χ1n) is 4.45. The largest absolute Gasteiger partial charge is 0.459 e. The van der Waals surface area contributed by atoms with E-state index in [1.807, 2.05) is 20.8 Å². The van der Waals surface area contributed by atoms with E-state index < -0.39 is 0 Å². The topological polar surface area (TPSA) is 52.1 Å². The number of furan rings is 1. The highest BCUT2D eigenvalue weighted by Gasteiger charge is 2.22. The summed E-state index contributed by atoms with van der Waals surface area (Å²) in [6, 6.07) is 3.58. The normalized spacial score (nSPS) is 11.9. The molecule has 0 saturated carbocycles. The highest BCUT2D eigenvalue weighted by atomic mass is 16.4. The van der Waals surface area contributed by atoms with Crippen LogP contribution in [-0.2, 0) is 5.41 Å². The van der Waals surface area contributed by atoms with Gasteiger partial charge in [0.25, 0.3) is 5.89 Å². The molecule has 0 radical (unpaired) electrons. The van der Waals surface area contributed by atoms with Crippen molar-refractivity contribution in [2.45, 2.75) is 26.2 Å². The van der Waals surface area contributed by atoms with Crippen molar-refractivity contribution in [3.8, 4) is 11.7 Å². The van der Waals surface area contributed by atoms with Crippen molar-refractivity contribution < 1.29 is 8.83 Å². The summed E-state index contributed by atoms with van der Waals surface area (Å²) in [5, 5.41) is 7.88. The third-order valence-corrected chi connectivity index (χ3v) is 1.80. The van der Waals surface area contributed by atoms with Gasteiger partial charge in [-0.15, -0.1) is 10.2 Å². The molecule has 0 bridgehead atoms. The fourth-order valence-corrected chi connectivity index (χ4v) is 1.03. The van der Waals surface area contributed by atoms with Gasteiger partial charge in [-0.3, -0.25) is 0 Å². The van der Waals surface area contributed by atoms with Crippen molar-refractivity contribution in [2.75, 3.05) is 0 Å². The molecular formula is C10H12N2O2. The molecule has 0 aliphatic carbocycles. The molecule has 4 nitrogen and oxygen atoms in total. The zero-order valence-electron chi connectivity index (χ0n) is 8.44. The van der Waals surface area contributed by atoms with E-state index in [1.54, 1.807) is 18.4 Å². The van der Waals surface area contributed by atoms with Crippen molar-refractivity contribution >= 4 is 0 Å². The molecule has 0 N–H and O–H groups in total. The SMILES string of the molecule is CC(C)(C)c1nnc(-c2ccco2)o1. The Hall–Kier alpha value is -1.58. The van der Waals surface area contributed by atoms with E-state index in [0.717, 1.165) is 0 Å². The molecular weight excluding hydrogens is 180 g/mol. The summed E-state index contributed by atoms with van der Waals surface area (Å²) in [5.41, 5.74) is -0.127. The molecule has 0 aliphatic rings. The van der Waals surface area contributed by atoms with Crippen molar-refractivity contribution in [3.63, 3.8) is 0 Å². The minimum atomic E-state index is -0.127. The summed E-state index contributed by atoms with van der Waals surface area (Å²) < 4.78 is 10.6. The zero-order chi connectivity index (χ0) is 10.2. The number of hydrogen-bond acceptors (Lipinski definition) is 4. The molecule has 74 valence electrons. The van der Waals surface area contributed by atoms with Gasteiger partial charge in [0.05, 0.1) is 6.26 Å². The molecule has 0 spiro atoms. The number of rotatable bonds is 1. The fourth-order valence-electron chi connectivity index (χ4n) is 1.03. The second-order valence-corrected chi connectivity index (χ2v) is 4.14. The summed E-state index contributed by atoms with van der Waals surface area (Å²) in [5.74, 6) is 1.65. The van der Waals surface area contributed by atoms with Gasteiger partial charge in [-0.25, -0.2) is 0 Å². The summed E-state index contributed by atoms with van der Waals surface area (Å²) in [7, 11) is 0. The third kappa shape index (κ3) is 1.55. The van der Waals surface area contributed by atoms with Crippen molar-refractivity contribution in [2.24, 2.45) is 0 Å². The monoisotopic (exact) mass is 192 g/mol. The van der Waals surface area contributed by atoms with Gasteiger partial charge in [-0.2, -0.15) is 0 Å². The Morgan fingerprint density at radius 3 is 2.50 bits per heavy atom. The van der Waals surface area contributed by atoms with Crippen molar-refractivity contribution in [3.05, 3.63) is 24.3 Å². The van der Waals surface area contributed by atoms with Gasteiger partial charge >= 0.3 is 0 Å². The molecule has 4 heteroatoms. The van der Waals surface area contributed by atoms with Gasteiger partial charge < -0.3 is 8.83 Å². The van der Waals surface area contributed by atoms with Crippen LogP contribution in [0.5, 0.6) is 0 Å². The van der Waals surface area contributed by atoms with Crippen LogP contribution in [0.15, 0.2) is 27.2 Å². The molecule has 0 saturated heterocycles. The lowest BCUT2D eigenvalue weighted by atomic mass is 9.97. The molecule has 0 fully saturated rings. The minimum absolute atomic E-state index is 0.127. The maximum absolute atomic E-state index is 5.48. The Morgan fingerprint density at radius 2 is 2.00 bits per heavy atom. The second kappa shape index (κ2) is 2.97. The number of aromatic nitrogens is 2. The molecule has 14 heavy (non-hydrogen) atoms. The van der Waals surface area contributed by atoms with Crippen LogP contribution in [-0.4, -0.2) is 10.2 Å². The highest BCUT2D eigenvalue weighted by molar-refractivity contribution is 5.42. The highest BCUT2D eigenvalue weighted by Crippen LogP contribution is 2.24. The Bertz CT molecular complexity index is 410. The minimum Gasteiger partial charge on any atom is -0.459 e. The zero-order valence-corrected chi connectivity index (χ0v) is 8.44. The number of nitrogens with zero attached hydrogens (tertiary/aromatic N) is 2. The van der Waals surface area contributed by atoms with Crippen LogP contribution in [0, 0.1) is 0 Å². The maximum atomic E-state index is 5.48. The van der Waals surface area contributed by atoms with Gasteiger partial charge in [0, 0.05) is 5.41 Å². The van der Waals surface area contributed by atoms with Gasteiger partial charge in [-0.1, -0.05) is 20.8 Å². The number of hydrogen-bond donors (Lipinski definition) is 0. The Labute approximate surface area is 81.9 Å². The molecule has 0 aliphatic heterocycles. The predicted molar refractivity (Wildman–Crippen MR) is 50.7 cm³/mol. The molecule has 0 amide bonds. The second-order valence-electron chi connectivity index (χ2n) is 4.14. The van der Waals surface area contributed by atoms with Crippen LogP contribution in [0.4, 0.5) is 0 Å². The summed E-state index contributed by atoms with van der Waals surface area (Å²) in [6.45, 7) is 6.06. The van der Waals surface area contributed by atoms with E-state index in [0.29, 0.717) is 17.5 Å². The first-order chi connectivity index (χ1) is 6.57. The van der Waals surface area contributed by atoms with Crippen molar-refractivity contribution in [1.29, 1.82) is 0 Å².